The number of allylic oxidation sites excluding steroid dienone is 1. The van der Waals surface area contributed by atoms with E-state index in [1.165, 1.54) is 11.1 Å². The minimum absolute atomic E-state index is 0. The van der Waals surface area contributed by atoms with Gasteiger partial charge in [-0.15, -0.1) is 30.6 Å². The molecule has 152 valence electrons. The second kappa shape index (κ2) is 12.4. The highest BCUT2D eigenvalue weighted by atomic mass is 127. The molecule has 0 bridgehead atoms. The molecule has 1 aliphatic rings. The molecule has 0 saturated carbocycles. The lowest BCUT2D eigenvalue weighted by atomic mass is 9.72. The third-order valence-electron chi connectivity index (χ3n) is 5.30. The van der Waals surface area contributed by atoms with Gasteiger partial charge in [0.25, 0.3) is 0 Å². The topological polar surface area (TPSA) is 36.9 Å². The average Bonchev–Trinajstić information content (AvgIpc) is 2.66. The predicted octanol–water partition coefficient (Wildman–Crippen LogP) is 4.52. The van der Waals surface area contributed by atoms with E-state index in [0.717, 1.165) is 64.5 Å². The van der Waals surface area contributed by atoms with Gasteiger partial charge >= 0.3 is 0 Å². The van der Waals surface area contributed by atoms with Gasteiger partial charge in [-0.25, -0.2) is 0 Å². The fourth-order valence-corrected chi connectivity index (χ4v) is 3.72. The van der Waals surface area contributed by atoms with Crippen molar-refractivity contribution >= 4 is 29.9 Å². The van der Waals surface area contributed by atoms with E-state index >= 15 is 0 Å². The largest absolute Gasteiger partial charge is 0.381 e. The van der Waals surface area contributed by atoms with Crippen molar-refractivity contribution < 1.29 is 4.74 Å². The average molecular weight is 485 g/mol. The summed E-state index contributed by atoms with van der Waals surface area (Å²) < 4.78 is 5.67. The highest BCUT2D eigenvalue weighted by molar-refractivity contribution is 14.0. The molecule has 1 aromatic carbocycles. The van der Waals surface area contributed by atoms with Crippen molar-refractivity contribution in [3.05, 3.63) is 48.0 Å². The van der Waals surface area contributed by atoms with Crippen molar-refractivity contribution in [2.45, 2.75) is 44.9 Å². The van der Waals surface area contributed by atoms with E-state index in [-0.39, 0.29) is 29.4 Å². The molecule has 0 atom stereocenters. The SMILES string of the molecule is C=CCCCN(C)C(=NCC1(c2ccccc2C)CCOCC1)NCC.I. The molecule has 2 rings (SSSR count). The summed E-state index contributed by atoms with van der Waals surface area (Å²) in [7, 11) is 2.12. The Morgan fingerprint density at radius 3 is 2.67 bits per heavy atom. The molecule has 1 aromatic rings. The van der Waals surface area contributed by atoms with E-state index in [1.807, 2.05) is 6.08 Å². The van der Waals surface area contributed by atoms with Crippen molar-refractivity contribution in [3.63, 3.8) is 0 Å². The molecule has 1 aliphatic heterocycles. The molecule has 0 amide bonds. The Kier molecular flexibility index (Phi) is 11.0. The third-order valence-corrected chi connectivity index (χ3v) is 5.30. The summed E-state index contributed by atoms with van der Waals surface area (Å²) in [6.45, 7) is 12.4. The standard InChI is InChI=1S/C22H35N3O.HI/c1-5-7-10-15-25(4)21(23-6-2)24-18-22(13-16-26-17-14-22)20-12-9-8-11-19(20)3;/h5,8-9,11-12H,1,6-7,10,13-18H2,2-4H3,(H,23,24);1H. The third kappa shape index (κ3) is 6.79. The summed E-state index contributed by atoms with van der Waals surface area (Å²) in [5.41, 5.74) is 2.86. The Hall–Kier alpha value is -1.08. The molecule has 0 aliphatic carbocycles. The molecule has 4 nitrogen and oxygen atoms in total. The number of rotatable bonds is 8. The first kappa shape index (κ1) is 24.0. The Labute approximate surface area is 182 Å². The van der Waals surface area contributed by atoms with Gasteiger partial charge in [-0.3, -0.25) is 4.99 Å². The monoisotopic (exact) mass is 485 g/mol. The second-order valence-corrected chi connectivity index (χ2v) is 7.23. The first-order valence-corrected chi connectivity index (χ1v) is 9.87. The number of unbranched alkanes of at least 4 members (excludes halogenated alkanes) is 1. The maximum atomic E-state index is 5.67. The van der Waals surface area contributed by atoms with Gasteiger partial charge in [-0.2, -0.15) is 0 Å². The van der Waals surface area contributed by atoms with Crippen molar-refractivity contribution in [2.24, 2.45) is 4.99 Å². The first-order chi connectivity index (χ1) is 12.6. The second-order valence-electron chi connectivity index (χ2n) is 7.23. The van der Waals surface area contributed by atoms with Crippen LogP contribution in [0.15, 0.2) is 41.9 Å². The molecule has 1 fully saturated rings. The highest BCUT2D eigenvalue weighted by Gasteiger charge is 2.35. The van der Waals surface area contributed by atoms with Crippen molar-refractivity contribution in [1.29, 1.82) is 0 Å². The van der Waals surface area contributed by atoms with E-state index in [9.17, 15) is 0 Å². The Morgan fingerprint density at radius 1 is 1.33 bits per heavy atom. The van der Waals surface area contributed by atoms with Crippen LogP contribution in [0.25, 0.3) is 0 Å². The summed E-state index contributed by atoms with van der Waals surface area (Å²) >= 11 is 0. The summed E-state index contributed by atoms with van der Waals surface area (Å²) in [6.07, 6.45) is 6.17. The molecule has 1 saturated heterocycles. The summed E-state index contributed by atoms with van der Waals surface area (Å²) in [5.74, 6) is 0.996. The van der Waals surface area contributed by atoms with Crippen LogP contribution in [0.5, 0.6) is 0 Å². The zero-order chi connectivity index (χ0) is 18.8. The molecular formula is C22H36IN3O. The van der Waals surface area contributed by atoms with E-state index in [1.54, 1.807) is 0 Å². The number of benzene rings is 1. The van der Waals surface area contributed by atoms with Crippen molar-refractivity contribution in [2.75, 3.05) is 39.9 Å². The van der Waals surface area contributed by atoms with Crippen molar-refractivity contribution in [1.82, 2.24) is 10.2 Å². The summed E-state index contributed by atoms with van der Waals surface area (Å²) in [5, 5.41) is 3.45. The van der Waals surface area contributed by atoms with Crippen LogP contribution in [-0.2, 0) is 10.2 Å². The van der Waals surface area contributed by atoms with Crippen LogP contribution in [0.4, 0.5) is 0 Å². The number of nitrogens with one attached hydrogen (secondary N) is 1. The number of hydrogen-bond acceptors (Lipinski definition) is 2. The molecule has 0 spiro atoms. The summed E-state index contributed by atoms with van der Waals surface area (Å²) in [6, 6.07) is 8.75. The van der Waals surface area contributed by atoms with Crippen LogP contribution >= 0.6 is 24.0 Å². The number of aliphatic imine (C=N–C) groups is 1. The summed E-state index contributed by atoms with van der Waals surface area (Å²) in [4.78, 5) is 7.29. The number of halogens is 1. The number of aryl methyl sites for hydroxylation is 1. The number of nitrogens with zero attached hydrogens (tertiary/aromatic N) is 2. The minimum Gasteiger partial charge on any atom is -0.381 e. The van der Waals surface area contributed by atoms with Gasteiger partial charge in [0.05, 0.1) is 6.54 Å². The zero-order valence-corrected chi connectivity index (χ0v) is 19.5. The van der Waals surface area contributed by atoms with Gasteiger partial charge in [0.1, 0.15) is 0 Å². The van der Waals surface area contributed by atoms with Crippen molar-refractivity contribution in [3.8, 4) is 0 Å². The van der Waals surface area contributed by atoms with Gasteiger partial charge in [0, 0.05) is 38.8 Å². The van der Waals surface area contributed by atoms with Gasteiger partial charge in [0.2, 0.25) is 0 Å². The van der Waals surface area contributed by atoms with E-state index in [0.29, 0.717) is 0 Å². The number of ether oxygens (including phenoxy) is 1. The van der Waals surface area contributed by atoms with E-state index < -0.39 is 0 Å². The number of guanidine groups is 1. The fourth-order valence-electron chi connectivity index (χ4n) is 3.72. The minimum atomic E-state index is 0. The predicted molar refractivity (Wildman–Crippen MR) is 126 cm³/mol. The molecule has 1 heterocycles. The first-order valence-electron chi connectivity index (χ1n) is 9.87. The van der Waals surface area contributed by atoms with Gasteiger partial charge in [0.15, 0.2) is 5.96 Å². The van der Waals surface area contributed by atoms with Gasteiger partial charge in [-0.1, -0.05) is 30.3 Å². The van der Waals surface area contributed by atoms with Gasteiger partial charge in [-0.05, 0) is 50.7 Å². The zero-order valence-electron chi connectivity index (χ0n) is 17.2. The Morgan fingerprint density at radius 2 is 2.04 bits per heavy atom. The van der Waals surface area contributed by atoms with Crippen LogP contribution < -0.4 is 5.32 Å². The lowest BCUT2D eigenvalue weighted by molar-refractivity contribution is 0.0528. The van der Waals surface area contributed by atoms with Crippen LogP contribution in [0.1, 0.15) is 43.7 Å². The Bertz CT molecular complexity index is 597. The maximum absolute atomic E-state index is 5.67. The van der Waals surface area contributed by atoms with E-state index in [4.69, 9.17) is 9.73 Å². The Balaban J connectivity index is 0.00000364. The van der Waals surface area contributed by atoms with Crippen LogP contribution in [0, 0.1) is 6.92 Å². The fraction of sp³-hybridized carbons (Fsp3) is 0.591. The molecule has 5 heteroatoms. The maximum Gasteiger partial charge on any atom is 0.193 e. The smallest absolute Gasteiger partial charge is 0.193 e. The lowest BCUT2D eigenvalue weighted by Crippen LogP contribution is -2.42. The van der Waals surface area contributed by atoms with Crippen LogP contribution in [0.3, 0.4) is 0 Å². The molecular weight excluding hydrogens is 449 g/mol. The number of hydrogen-bond donors (Lipinski definition) is 1. The molecule has 27 heavy (non-hydrogen) atoms. The van der Waals surface area contributed by atoms with Crippen LogP contribution in [0.2, 0.25) is 0 Å². The van der Waals surface area contributed by atoms with Gasteiger partial charge < -0.3 is 15.0 Å². The lowest BCUT2D eigenvalue weighted by Gasteiger charge is -2.38. The quantitative estimate of drug-likeness (QED) is 0.193. The highest BCUT2D eigenvalue weighted by Crippen LogP contribution is 2.37. The normalized spacial score (nSPS) is 16.3. The molecule has 1 N–H and O–H groups in total. The molecule has 0 unspecified atom stereocenters. The molecule has 0 aromatic heterocycles. The van der Waals surface area contributed by atoms with Crippen LogP contribution in [-0.4, -0.2) is 50.8 Å². The molecule has 0 radical (unpaired) electrons. The van der Waals surface area contributed by atoms with E-state index in [2.05, 4.69) is 62.0 Å².